The van der Waals surface area contributed by atoms with Crippen molar-refractivity contribution < 1.29 is 34.4 Å². The van der Waals surface area contributed by atoms with Gasteiger partial charge in [-0.3, -0.25) is 14.4 Å². The Morgan fingerprint density at radius 1 is 0.905 bits per heavy atom. The number of β-amino-alcohol motifs (C(OH)–C–C–N with tert-alkyl or cyclic N) is 1. The first kappa shape index (κ1) is 38.0. The standard InChI is InChI=1S/C34H59NO7/c1-6-12-32-33(40)35-23-29(37)22-31(39)30(38)20-19-24(3)14-10-15-27(7-2)16-11-18-28(36)17-9-8-13-25(4)21-26(5)34(41)42-32/h10,14-15,25-27,29-32,37-39H,6-9,11-13,16-23H2,1-5H3,(H,35,40)/b15-10+,24-14+/t25-,26+,27+,29+,30-,31+,32?/m1/s1. The van der Waals surface area contributed by atoms with Crippen LogP contribution in [-0.2, 0) is 19.1 Å². The number of carbonyl (C=O) groups excluding carboxylic acids is 3. The zero-order valence-corrected chi connectivity index (χ0v) is 26.9. The first-order valence-electron chi connectivity index (χ1n) is 16.3. The normalized spacial score (nSPS) is 33.8. The Balaban J connectivity index is 2.88. The summed E-state index contributed by atoms with van der Waals surface area (Å²) in [7, 11) is 0. The van der Waals surface area contributed by atoms with E-state index in [9.17, 15) is 29.7 Å². The lowest BCUT2D eigenvalue weighted by Crippen LogP contribution is -2.43. The van der Waals surface area contributed by atoms with Gasteiger partial charge in [0, 0.05) is 25.8 Å². The van der Waals surface area contributed by atoms with Crippen LogP contribution in [0.2, 0.25) is 0 Å². The van der Waals surface area contributed by atoms with Gasteiger partial charge in [-0.1, -0.05) is 70.8 Å². The summed E-state index contributed by atoms with van der Waals surface area (Å²) in [5, 5.41) is 33.8. The number of carbonyl (C=O) groups is 3. The molecule has 0 aromatic heterocycles. The summed E-state index contributed by atoms with van der Waals surface area (Å²) >= 11 is 0. The van der Waals surface area contributed by atoms with Gasteiger partial charge < -0.3 is 25.4 Å². The lowest BCUT2D eigenvalue weighted by Gasteiger charge is -2.23. The van der Waals surface area contributed by atoms with Crippen molar-refractivity contribution in [3.63, 3.8) is 0 Å². The number of allylic oxidation sites excluding steroid dienone is 4. The van der Waals surface area contributed by atoms with E-state index in [0.717, 1.165) is 44.1 Å². The van der Waals surface area contributed by atoms with Crippen molar-refractivity contribution in [2.24, 2.45) is 17.8 Å². The fourth-order valence-electron chi connectivity index (χ4n) is 5.40. The molecule has 7 atom stereocenters. The molecule has 0 saturated carbocycles. The maximum Gasteiger partial charge on any atom is 0.309 e. The van der Waals surface area contributed by atoms with Crippen LogP contribution in [0.15, 0.2) is 23.8 Å². The average Bonchev–Trinajstić information content (AvgIpc) is 2.95. The second-order valence-corrected chi connectivity index (χ2v) is 12.5. The minimum Gasteiger partial charge on any atom is -0.452 e. The van der Waals surface area contributed by atoms with Crippen LogP contribution in [0.25, 0.3) is 0 Å². The minimum absolute atomic E-state index is 0.0854. The number of amides is 1. The Hall–Kier alpha value is -2.03. The molecule has 1 unspecified atom stereocenters. The number of esters is 1. The van der Waals surface area contributed by atoms with Gasteiger partial charge in [0.15, 0.2) is 6.10 Å². The fourth-order valence-corrected chi connectivity index (χ4v) is 5.40. The highest BCUT2D eigenvalue weighted by molar-refractivity contribution is 5.84. The number of ketones is 1. The summed E-state index contributed by atoms with van der Waals surface area (Å²) in [5.74, 6) is -0.230. The summed E-state index contributed by atoms with van der Waals surface area (Å²) in [6, 6.07) is 0. The van der Waals surface area contributed by atoms with Crippen LogP contribution in [0, 0.1) is 17.8 Å². The number of aliphatic hydroxyl groups is 3. The number of Topliss-reactive ketones (excluding diaryl/α,β-unsaturated/α-hetero) is 1. The number of nitrogens with one attached hydrogen (secondary N) is 1. The Bertz CT molecular complexity index is 855. The van der Waals surface area contributed by atoms with Crippen molar-refractivity contribution in [1.82, 2.24) is 5.32 Å². The molecule has 0 aromatic carbocycles. The Morgan fingerprint density at radius 3 is 2.31 bits per heavy atom. The SMILES string of the molecule is CCCC1OC(=O)[C@@H](C)C[C@H](C)CCCCC(=O)CCC[C@@H](CC)/C=C/C=C(\C)CC[C@@H](O)[C@@H](O)C[C@H](O)CNC1=O. The zero-order chi connectivity index (χ0) is 31.5. The molecular formula is C34H59NO7. The minimum atomic E-state index is -1.13. The number of ether oxygens (including phenoxy) is 1. The number of cyclic esters (lactones) is 1. The molecule has 0 aromatic rings. The zero-order valence-electron chi connectivity index (χ0n) is 26.9. The number of hydrogen-bond donors (Lipinski definition) is 4. The predicted octanol–water partition coefficient (Wildman–Crippen LogP) is 5.57. The highest BCUT2D eigenvalue weighted by Crippen LogP contribution is 2.22. The lowest BCUT2D eigenvalue weighted by molar-refractivity contribution is -0.160. The highest BCUT2D eigenvalue weighted by Gasteiger charge is 2.27. The van der Waals surface area contributed by atoms with Crippen molar-refractivity contribution >= 4 is 17.7 Å². The van der Waals surface area contributed by atoms with Crippen LogP contribution in [0.3, 0.4) is 0 Å². The average molecular weight is 594 g/mol. The van der Waals surface area contributed by atoms with Crippen molar-refractivity contribution in [2.75, 3.05) is 6.54 Å². The molecule has 242 valence electrons. The second kappa shape index (κ2) is 21.6. The van der Waals surface area contributed by atoms with Gasteiger partial charge in [0.2, 0.25) is 0 Å². The second-order valence-electron chi connectivity index (χ2n) is 12.5. The first-order chi connectivity index (χ1) is 20.0. The third-order valence-electron chi connectivity index (χ3n) is 8.29. The Kier molecular flexibility index (Phi) is 19.6. The van der Waals surface area contributed by atoms with Crippen LogP contribution in [0.5, 0.6) is 0 Å². The van der Waals surface area contributed by atoms with E-state index in [-0.39, 0.29) is 18.9 Å². The first-order valence-corrected chi connectivity index (χ1v) is 16.3. The summed E-state index contributed by atoms with van der Waals surface area (Å²) in [6.07, 6.45) is 11.4. The van der Waals surface area contributed by atoms with Gasteiger partial charge >= 0.3 is 5.97 Å². The maximum atomic E-state index is 12.8. The van der Waals surface area contributed by atoms with E-state index in [2.05, 4.69) is 25.2 Å². The molecule has 1 amide bonds. The molecule has 1 aliphatic heterocycles. The fraction of sp³-hybridized carbons (Fsp3) is 0.794. The maximum absolute atomic E-state index is 12.8. The van der Waals surface area contributed by atoms with Crippen LogP contribution < -0.4 is 5.32 Å². The van der Waals surface area contributed by atoms with E-state index in [1.165, 1.54) is 0 Å². The van der Waals surface area contributed by atoms with E-state index >= 15 is 0 Å². The Labute approximate surface area is 254 Å². The molecule has 0 bridgehead atoms. The van der Waals surface area contributed by atoms with Gasteiger partial charge in [0.25, 0.3) is 5.91 Å². The molecule has 8 nitrogen and oxygen atoms in total. The third kappa shape index (κ3) is 16.6. The molecular weight excluding hydrogens is 534 g/mol. The molecule has 0 aliphatic carbocycles. The van der Waals surface area contributed by atoms with Gasteiger partial charge in [-0.05, 0) is 70.1 Å². The molecule has 0 saturated heterocycles. The summed E-state index contributed by atoms with van der Waals surface area (Å²) in [6.45, 7) is 9.83. The topological polar surface area (TPSA) is 133 Å². The van der Waals surface area contributed by atoms with E-state index < -0.39 is 36.3 Å². The molecule has 1 rings (SSSR count). The van der Waals surface area contributed by atoms with Gasteiger partial charge in [-0.15, -0.1) is 0 Å². The number of rotatable bonds is 3. The van der Waals surface area contributed by atoms with Gasteiger partial charge in [-0.2, -0.15) is 0 Å². The van der Waals surface area contributed by atoms with Gasteiger partial charge in [0.1, 0.15) is 5.78 Å². The van der Waals surface area contributed by atoms with Crippen molar-refractivity contribution in [2.45, 2.75) is 149 Å². The summed E-state index contributed by atoms with van der Waals surface area (Å²) < 4.78 is 5.58. The summed E-state index contributed by atoms with van der Waals surface area (Å²) in [5.41, 5.74) is 1.07. The third-order valence-corrected chi connectivity index (χ3v) is 8.29. The van der Waals surface area contributed by atoms with Gasteiger partial charge in [-0.25, -0.2) is 0 Å². The van der Waals surface area contributed by atoms with Crippen molar-refractivity contribution in [3.8, 4) is 0 Å². The predicted molar refractivity (Wildman–Crippen MR) is 167 cm³/mol. The smallest absolute Gasteiger partial charge is 0.309 e. The van der Waals surface area contributed by atoms with Crippen LogP contribution in [0.1, 0.15) is 125 Å². The Morgan fingerprint density at radius 2 is 1.62 bits per heavy atom. The van der Waals surface area contributed by atoms with Crippen LogP contribution >= 0.6 is 0 Å². The largest absolute Gasteiger partial charge is 0.452 e. The van der Waals surface area contributed by atoms with Crippen molar-refractivity contribution in [3.05, 3.63) is 23.8 Å². The highest BCUT2D eigenvalue weighted by atomic mass is 16.5. The molecule has 1 aliphatic rings. The van der Waals surface area contributed by atoms with Crippen molar-refractivity contribution in [1.29, 1.82) is 0 Å². The van der Waals surface area contributed by atoms with Gasteiger partial charge in [0.05, 0.1) is 24.2 Å². The van der Waals surface area contributed by atoms with E-state index in [1.807, 2.05) is 32.9 Å². The van der Waals surface area contributed by atoms with E-state index in [0.29, 0.717) is 62.6 Å². The number of aliphatic hydroxyl groups excluding tert-OH is 3. The molecule has 42 heavy (non-hydrogen) atoms. The monoisotopic (exact) mass is 593 g/mol. The van der Waals surface area contributed by atoms with Crippen LogP contribution in [0.4, 0.5) is 0 Å². The molecule has 0 spiro atoms. The molecule has 0 radical (unpaired) electrons. The quantitative estimate of drug-likeness (QED) is 0.314. The molecule has 4 N–H and O–H groups in total. The van der Waals surface area contributed by atoms with E-state index in [4.69, 9.17) is 4.74 Å². The lowest BCUT2D eigenvalue weighted by atomic mass is 9.92. The molecule has 1 heterocycles. The van der Waals surface area contributed by atoms with Crippen LogP contribution in [-0.4, -0.2) is 63.9 Å². The summed E-state index contributed by atoms with van der Waals surface area (Å²) in [4.78, 5) is 38.0. The molecule has 8 heteroatoms. The molecule has 0 fully saturated rings. The number of hydrogen-bond acceptors (Lipinski definition) is 7. The van der Waals surface area contributed by atoms with E-state index in [1.54, 1.807) is 0 Å².